The SMILES string of the molecule is c1ccc(-c2ccccc2-c2ccc(N(c3ccc(-c4cccc5ccccc45)cc3)c3cc4c(cn3)oc3cc5ccccc5cc34)cc2)cc1. The van der Waals surface area contributed by atoms with Crippen molar-refractivity contribution >= 4 is 60.7 Å². The van der Waals surface area contributed by atoms with Crippen molar-refractivity contribution in [3.63, 3.8) is 0 Å². The van der Waals surface area contributed by atoms with E-state index in [1.807, 2.05) is 6.20 Å². The van der Waals surface area contributed by atoms with E-state index in [1.165, 1.54) is 44.0 Å². The maximum atomic E-state index is 6.34. The molecule has 0 fully saturated rings. The van der Waals surface area contributed by atoms with Crippen LogP contribution in [0.4, 0.5) is 17.2 Å². The Labute approximate surface area is 301 Å². The minimum Gasteiger partial charge on any atom is -0.454 e. The normalized spacial score (nSPS) is 11.5. The van der Waals surface area contributed by atoms with Crippen molar-refractivity contribution < 1.29 is 4.42 Å². The van der Waals surface area contributed by atoms with Gasteiger partial charge in [0, 0.05) is 22.1 Å². The van der Waals surface area contributed by atoms with Gasteiger partial charge in [-0.2, -0.15) is 0 Å². The molecule has 0 bridgehead atoms. The second-order valence-electron chi connectivity index (χ2n) is 13.2. The first-order chi connectivity index (χ1) is 25.8. The molecule has 3 nitrogen and oxygen atoms in total. The molecule has 52 heavy (non-hydrogen) atoms. The first-order valence-corrected chi connectivity index (χ1v) is 17.6. The lowest BCUT2D eigenvalue weighted by Gasteiger charge is -2.25. The van der Waals surface area contributed by atoms with E-state index in [1.54, 1.807) is 0 Å². The average molecular weight is 665 g/mol. The molecule has 0 radical (unpaired) electrons. The number of aromatic nitrogens is 1. The topological polar surface area (TPSA) is 29.3 Å². The van der Waals surface area contributed by atoms with Crippen molar-refractivity contribution in [3.8, 4) is 33.4 Å². The zero-order valence-corrected chi connectivity index (χ0v) is 28.3. The van der Waals surface area contributed by atoms with Crippen LogP contribution in [0, 0.1) is 0 Å². The number of benzene rings is 8. The molecule has 0 aliphatic heterocycles. The molecule has 0 saturated carbocycles. The zero-order valence-electron chi connectivity index (χ0n) is 28.3. The molecule has 10 rings (SSSR count). The third kappa shape index (κ3) is 5.19. The highest BCUT2D eigenvalue weighted by Crippen LogP contribution is 2.41. The lowest BCUT2D eigenvalue weighted by molar-refractivity contribution is 0.667. The maximum Gasteiger partial charge on any atom is 0.153 e. The minimum absolute atomic E-state index is 0.771. The molecule has 2 aromatic heterocycles. The predicted octanol–water partition coefficient (Wildman–Crippen LogP) is 13.8. The third-order valence-electron chi connectivity index (χ3n) is 10.1. The number of anilines is 3. The summed E-state index contributed by atoms with van der Waals surface area (Å²) in [6, 6.07) is 66.8. The van der Waals surface area contributed by atoms with Crippen LogP contribution in [0.3, 0.4) is 0 Å². The summed E-state index contributed by atoms with van der Waals surface area (Å²) in [6.07, 6.45) is 1.86. The van der Waals surface area contributed by atoms with Gasteiger partial charge in [-0.1, -0.05) is 146 Å². The number of pyridine rings is 1. The summed E-state index contributed by atoms with van der Waals surface area (Å²) < 4.78 is 6.34. The summed E-state index contributed by atoms with van der Waals surface area (Å²) >= 11 is 0. The molecule has 0 aliphatic carbocycles. The molecule has 0 saturated heterocycles. The van der Waals surface area contributed by atoms with Crippen molar-refractivity contribution in [2.24, 2.45) is 0 Å². The van der Waals surface area contributed by atoms with Gasteiger partial charge >= 0.3 is 0 Å². The fraction of sp³-hybridized carbons (Fsp3) is 0. The van der Waals surface area contributed by atoms with E-state index >= 15 is 0 Å². The lowest BCUT2D eigenvalue weighted by atomic mass is 9.94. The fourth-order valence-electron chi connectivity index (χ4n) is 7.55. The van der Waals surface area contributed by atoms with Crippen LogP contribution in [0.15, 0.2) is 199 Å². The van der Waals surface area contributed by atoms with Gasteiger partial charge in [-0.05, 0) is 97.4 Å². The van der Waals surface area contributed by atoms with E-state index in [0.29, 0.717) is 0 Å². The molecule has 0 aliphatic rings. The smallest absolute Gasteiger partial charge is 0.153 e. The highest BCUT2D eigenvalue weighted by atomic mass is 16.3. The van der Waals surface area contributed by atoms with Crippen molar-refractivity contribution in [1.29, 1.82) is 0 Å². The molecule has 0 N–H and O–H groups in total. The Hall–Kier alpha value is -6.97. The summed E-state index contributed by atoms with van der Waals surface area (Å²) in [5, 5.41) is 6.94. The van der Waals surface area contributed by atoms with E-state index in [4.69, 9.17) is 9.40 Å². The van der Waals surface area contributed by atoms with Gasteiger partial charge in [-0.3, -0.25) is 4.90 Å². The van der Waals surface area contributed by atoms with Crippen LogP contribution >= 0.6 is 0 Å². The maximum absolute atomic E-state index is 6.34. The van der Waals surface area contributed by atoms with Crippen LogP contribution in [0.5, 0.6) is 0 Å². The van der Waals surface area contributed by atoms with E-state index in [2.05, 4.69) is 193 Å². The highest BCUT2D eigenvalue weighted by molar-refractivity contribution is 6.10. The average Bonchev–Trinajstić information content (AvgIpc) is 3.57. The summed E-state index contributed by atoms with van der Waals surface area (Å²) in [7, 11) is 0. The van der Waals surface area contributed by atoms with E-state index in [0.717, 1.165) is 50.1 Å². The Kier molecular flexibility index (Phi) is 7.14. The molecular formula is C49H32N2O. The largest absolute Gasteiger partial charge is 0.454 e. The van der Waals surface area contributed by atoms with Gasteiger partial charge in [0.1, 0.15) is 11.4 Å². The number of hydrogen-bond acceptors (Lipinski definition) is 3. The molecular weight excluding hydrogens is 633 g/mol. The molecule has 10 aromatic rings. The molecule has 3 heteroatoms. The first-order valence-electron chi connectivity index (χ1n) is 17.6. The zero-order chi connectivity index (χ0) is 34.4. The van der Waals surface area contributed by atoms with Gasteiger partial charge in [0.25, 0.3) is 0 Å². The molecule has 244 valence electrons. The second-order valence-corrected chi connectivity index (χ2v) is 13.2. The number of fused-ring (bicyclic) bond motifs is 5. The standard InChI is InChI=1S/C49H32N2O/c1-2-11-33(12-3-1)41-18-8-9-19-43(41)35-21-25-39(26-22-35)51(40-27-23-36(24-28-40)44-20-10-16-34-13-6-7-17-42(34)44)49-31-46-45-29-37-14-4-5-15-38(37)30-47(45)52-48(46)32-50-49/h1-32H. The lowest BCUT2D eigenvalue weighted by Crippen LogP contribution is -2.11. The van der Waals surface area contributed by atoms with Gasteiger partial charge in [0.15, 0.2) is 5.58 Å². The minimum atomic E-state index is 0.771. The molecule has 0 unspecified atom stereocenters. The van der Waals surface area contributed by atoms with Crippen molar-refractivity contribution in [2.75, 3.05) is 4.90 Å². The number of rotatable bonds is 6. The Bertz CT molecular complexity index is 2880. The second kappa shape index (κ2) is 12.4. The number of nitrogens with zero attached hydrogens (tertiary/aromatic N) is 2. The van der Waals surface area contributed by atoms with E-state index < -0.39 is 0 Å². The molecule has 0 spiro atoms. The van der Waals surface area contributed by atoms with Crippen molar-refractivity contribution in [2.45, 2.75) is 0 Å². The Morgan fingerprint density at radius 1 is 0.365 bits per heavy atom. The highest BCUT2D eigenvalue weighted by Gasteiger charge is 2.18. The van der Waals surface area contributed by atoms with Crippen LogP contribution in [0.2, 0.25) is 0 Å². The predicted molar refractivity (Wildman–Crippen MR) is 218 cm³/mol. The Morgan fingerprint density at radius 3 is 1.60 bits per heavy atom. The van der Waals surface area contributed by atoms with Crippen LogP contribution in [0.25, 0.3) is 76.9 Å². The fourth-order valence-corrected chi connectivity index (χ4v) is 7.55. The summed E-state index contributed by atoms with van der Waals surface area (Å²) in [4.78, 5) is 7.25. The number of hydrogen-bond donors (Lipinski definition) is 0. The van der Waals surface area contributed by atoms with E-state index in [9.17, 15) is 0 Å². The van der Waals surface area contributed by atoms with E-state index in [-0.39, 0.29) is 0 Å². The first kappa shape index (κ1) is 29.9. The van der Waals surface area contributed by atoms with Gasteiger partial charge in [-0.15, -0.1) is 0 Å². The third-order valence-corrected chi connectivity index (χ3v) is 10.1. The van der Waals surface area contributed by atoms with Crippen LogP contribution < -0.4 is 4.90 Å². The van der Waals surface area contributed by atoms with Gasteiger partial charge in [-0.25, -0.2) is 4.98 Å². The van der Waals surface area contributed by atoms with Crippen LogP contribution in [0.1, 0.15) is 0 Å². The molecule has 2 heterocycles. The van der Waals surface area contributed by atoms with Gasteiger partial charge < -0.3 is 4.42 Å². The van der Waals surface area contributed by atoms with Gasteiger partial charge in [0.2, 0.25) is 0 Å². The summed E-state index contributed by atoms with van der Waals surface area (Å²) in [5.74, 6) is 0.818. The van der Waals surface area contributed by atoms with Crippen molar-refractivity contribution in [1.82, 2.24) is 4.98 Å². The molecule has 8 aromatic carbocycles. The monoisotopic (exact) mass is 664 g/mol. The summed E-state index contributed by atoms with van der Waals surface area (Å²) in [5.41, 5.74) is 10.8. The number of furan rings is 1. The molecule has 0 amide bonds. The quantitative estimate of drug-likeness (QED) is 0.177. The summed E-state index contributed by atoms with van der Waals surface area (Å²) in [6.45, 7) is 0. The van der Waals surface area contributed by atoms with Crippen LogP contribution in [-0.2, 0) is 0 Å². The Balaban J connectivity index is 1.11. The molecule has 0 atom stereocenters. The van der Waals surface area contributed by atoms with Crippen molar-refractivity contribution in [3.05, 3.63) is 194 Å². The Morgan fingerprint density at radius 2 is 0.885 bits per heavy atom. The van der Waals surface area contributed by atoms with Gasteiger partial charge in [0.05, 0.1) is 6.20 Å². The van der Waals surface area contributed by atoms with Crippen LogP contribution in [-0.4, -0.2) is 4.98 Å².